The Balaban J connectivity index is 1.71. The SMILES string of the molecule is COCCN(Cc1ccccc1)C(=O)c1cccc(OCc2cscn2)c1. The van der Waals surface area contributed by atoms with Gasteiger partial charge in [0.05, 0.1) is 17.8 Å². The Morgan fingerprint density at radius 3 is 2.74 bits per heavy atom. The van der Waals surface area contributed by atoms with Crippen molar-refractivity contribution >= 4 is 17.2 Å². The lowest BCUT2D eigenvalue weighted by molar-refractivity contribution is 0.0680. The number of amides is 1. The van der Waals surface area contributed by atoms with E-state index in [0.717, 1.165) is 11.3 Å². The molecule has 3 rings (SSSR count). The van der Waals surface area contributed by atoms with Crippen molar-refractivity contribution in [2.24, 2.45) is 0 Å². The molecule has 0 saturated carbocycles. The molecule has 0 unspecified atom stereocenters. The first-order valence-corrected chi connectivity index (χ1v) is 9.62. The Labute approximate surface area is 163 Å². The normalized spacial score (nSPS) is 10.6. The van der Waals surface area contributed by atoms with Crippen LogP contribution in [0.4, 0.5) is 0 Å². The maximum Gasteiger partial charge on any atom is 0.254 e. The zero-order valence-corrected chi connectivity index (χ0v) is 16.0. The van der Waals surface area contributed by atoms with E-state index in [1.807, 2.05) is 53.9 Å². The van der Waals surface area contributed by atoms with Gasteiger partial charge in [0.2, 0.25) is 0 Å². The van der Waals surface area contributed by atoms with Gasteiger partial charge in [0.1, 0.15) is 12.4 Å². The van der Waals surface area contributed by atoms with Crippen molar-refractivity contribution in [3.05, 3.63) is 82.3 Å². The molecular formula is C21H22N2O3S. The molecule has 1 aromatic heterocycles. The lowest BCUT2D eigenvalue weighted by Crippen LogP contribution is -2.33. The Hall–Kier alpha value is -2.70. The van der Waals surface area contributed by atoms with Crippen LogP contribution in [0, 0.1) is 0 Å². The van der Waals surface area contributed by atoms with Crippen LogP contribution in [0.5, 0.6) is 5.75 Å². The van der Waals surface area contributed by atoms with Gasteiger partial charge in [-0.15, -0.1) is 11.3 Å². The minimum atomic E-state index is -0.0463. The summed E-state index contributed by atoms with van der Waals surface area (Å²) in [5, 5.41) is 1.95. The minimum absolute atomic E-state index is 0.0463. The maximum atomic E-state index is 13.0. The Bertz CT molecular complexity index is 838. The third kappa shape index (κ3) is 5.64. The van der Waals surface area contributed by atoms with E-state index >= 15 is 0 Å². The lowest BCUT2D eigenvalue weighted by atomic mass is 10.1. The average molecular weight is 382 g/mol. The molecule has 5 nitrogen and oxygen atoms in total. The van der Waals surface area contributed by atoms with Crippen LogP contribution in [0.3, 0.4) is 0 Å². The molecular weight excluding hydrogens is 360 g/mol. The van der Waals surface area contributed by atoms with Crippen LogP contribution in [-0.2, 0) is 17.9 Å². The fraction of sp³-hybridized carbons (Fsp3) is 0.238. The third-order valence-corrected chi connectivity index (χ3v) is 4.66. The topological polar surface area (TPSA) is 51.7 Å². The predicted molar refractivity (Wildman–Crippen MR) is 106 cm³/mol. The van der Waals surface area contributed by atoms with E-state index in [1.54, 1.807) is 23.6 Å². The minimum Gasteiger partial charge on any atom is -0.487 e. The Kier molecular flexibility index (Phi) is 6.96. The summed E-state index contributed by atoms with van der Waals surface area (Å²) < 4.78 is 10.9. The molecule has 0 fully saturated rings. The largest absolute Gasteiger partial charge is 0.487 e. The standard InChI is InChI=1S/C21H22N2O3S/c1-25-11-10-23(13-17-6-3-2-4-7-17)21(24)18-8-5-9-20(12-18)26-14-19-15-27-16-22-19/h2-9,12,15-16H,10-11,13-14H2,1H3. The second kappa shape index (κ2) is 9.85. The van der Waals surface area contributed by atoms with Gasteiger partial charge in [0.15, 0.2) is 0 Å². The van der Waals surface area contributed by atoms with Crippen molar-refractivity contribution in [3.8, 4) is 5.75 Å². The molecule has 0 N–H and O–H groups in total. The van der Waals surface area contributed by atoms with E-state index in [-0.39, 0.29) is 5.91 Å². The number of thiazole rings is 1. The fourth-order valence-electron chi connectivity index (χ4n) is 2.63. The summed E-state index contributed by atoms with van der Waals surface area (Å²) in [7, 11) is 1.64. The number of hydrogen-bond acceptors (Lipinski definition) is 5. The van der Waals surface area contributed by atoms with E-state index in [9.17, 15) is 4.79 Å². The van der Waals surface area contributed by atoms with Crippen LogP contribution in [0.1, 0.15) is 21.6 Å². The molecule has 0 spiro atoms. The number of rotatable bonds is 9. The molecule has 0 saturated heterocycles. The van der Waals surface area contributed by atoms with E-state index in [2.05, 4.69) is 4.98 Å². The van der Waals surface area contributed by atoms with E-state index in [0.29, 0.717) is 37.6 Å². The molecule has 0 aliphatic rings. The van der Waals surface area contributed by atoms with Crippen LogP contribution in [0.25, 0.3) is 0 Å². The molecule has 2 aromatic carbocycles. The molecule has 1 amide bonds. The number of methoxy groups -OCH3 is 1. The van der Waals surface area contributed by atoms with Gasteiger partial charge >= 0.3 is 0 Å². The number of ether oxygens (including phenoxy) is 2. The molecule has 0 radical (unpaired) electrons. The number of carbonyl (C=O) groups excluding carboxylic acids is 1. The molecule has 6 heteroatoms. The summed E-state index contributed by atoms with van der Waals surface area (Å²) in [5.41, 5.74) is 4.33. The number of carbonyl (C=O) groups is 1. The smallest absolute Gasteiger partial charge is 0.254 e. The summed E-state index contributed by atoms with van der Waals surface area (Å²) in [5.74, 6) is 0.607. The zero-order chi connectivity index (χ0) is 18.9. The lowest BCUT2D eigenvalue weighted by Gasteiger charge is -2.23. The van der Waals surface area contributed by atoms with Gasteiger partial charge in [-0.3, -0.25) is 4.79 Å². The monoisotopic (exact) mass is 382 g/mol. The van der Waals surface area contributed by atoms with Crippen molar-refractivity contribution in [1.29, 1.82) is 0 Å². The second-order valence-corrected chi connectivity index (χ2v) is 6.72. The summed E-state index contributed by atoms with van der Waals surface area (Å²) >= 11 is 1.53. The molecule has 140 valence electrons. The summed E-state index contributed by atoms with van der Waals surface area (Å²) in [6.45, 7) is 1.93. The van der Waals surface area contributed by atoms with Crippen LogP contribution in [-0.4, -0.2) is 36.1 Å². The van der Waals surface area contributed by atoms with E-state index < -0.39 is 0 Å². The highest BCUT2D eigenvalue weighted by Gasteiger charge is 2.16. The van der Waals surface area contributed by atoms with Crippen molar-refractivity contribution in [2.45, 2.75) is 13.2 Å². The van der Waals surface area contributed by atoms with E-state index in [4.69, 9.17) is 9.47 Å². The first kappa shape index (κ1) is 19.1. The van der Waals surface area contributed by atoms with Gasteiger partial charge in [-0.25, -0.2) is 4.98 Å². The quantitative estimate of drug-likeness (QED) is 0.561. The highest BCUT2D eigenvalue weighted by atomic mass is 32.1. The first-order valence-electron chi connectivity index (χ1n) is 8.68. The van der Waals surface area contributed by atoms with Gasteiger partial charge in [0.25, 0.3) is 5.91 Å². The highest BCUT2D eigenvalue weighted by molar-refractivity contribution is 7.07. The van der Waals surface area contributed by atoms with Gasteiger partial charge in [0, 0.05) is 31.1 Å². The molecule has 0 aliphatic heterocycles. The summed E-state index contributed by atoms with van der Waals surface area (Å²) in [4.78, 5) is 19.0. The van der Waals surface area contributed by atoms with Crippen molar-refractivity contribution in [2.75, 3.05) is 20.3 Å². The second-order valence-electron chi connectivity index (χ2n) is 6.00. The summed E-state index contributed by atoms with van der Waals surface area (Å²) in [6.07, 6.45) is 0. The van der Waals surface area contributed by atoms with Crippen molar-refractivity contribution in [3.63, 3.8) is 0 Å². The van der Waals surface area contributed by atoms with Gasteiger partial charge in [-0.05, 0) is 23.8 Å². The molecule has 27 heavy (non-hydrogen) atoms. The molecule has 1 heterocycles. The van der Waals surface area contributed by atoms with Crippen molar-refractivity contribution < 1.29 is 14.3 Å². The van der Waals surface area contributed by atoms with Crippen LogP contribution in [0.2, 0.25) is 0 Å². The molecule has 0 atom stereocenters. The van der Waals surface area contributed by atoms with Gasteiger partial charge in [-0.1, -0.05) is 36.4 Å². The zero-order valence-electron chi connectivity index (χ0n) is 15.2. The fourth-order valence-corrected chi connectivity index (χ4v) is 3.17. The van der Waals surface area contributed by atoms with Crippen LogP contribution < -0.4 is 4.74 Å². The first-order chi connectivity index (χ1) is 13.3. The highest BCUT2D eigenvalue weighted by Crippen LogP contribution is 2.18. The molecule has 0 bridgehead atoms. The van der Waals surface area contributed by atoms with Gasteiger partial charge in [-0.2, -0.15) is 0 Å². The average Bonchev–Trinajstić information content (AvgIpc) is 3.24. The van der Waals surface area contributed by atoms with Crippen LogP contribution >= 0.6 is 11.3 Å². The maximum absolute atomic E-state index is 13.0. The third-order valence-electron chi connectivity index (χ3n) is 4.02. The number of benzene rings is 2. The van der Waals surface area contributed by atoms with E-state index in [1.165, 1.54) is 11.3 Å². The Morgan fingerprint density at radius 1 is 1.15 bits per heavy atom. The number of nitrogens with zero attached hydrogens (tertiary/aromatic N) is 2. The predicted octanol–water partition coefficient (Wildman–Crippen LogP) is 4.01. The molecule has 3 aromatic rings. The number of aromatic nitrogens is 1. The Morgan fingerprint density at radius 2 is 2.00 bits per heavy atom. The molecule has 0 aliphatic carbocycles. The van der Waals surface area contributed by atoms with Crippen LogP contribution in [0.15, 0.2) is 65.5 Å². The summed E-state index contributed by atoms with van der Waals surface area (Å²) in [6, 6.07) is 17.2. The number of hydrogen-bond donors (Lipinski definition) is 0. The van der Waals surface area contributed by atoms with Gasteiger partial charge < -0.3 is 14.4 Å². The van der Waals surface area contributed by atoms with Crippen molar-refractivity contribution in [1.82, 2.24) is 9.88 Å².